The van der Waals surface area contributed by atoms with Gasteiger partial charge in [0.15, 0.2) is 0 Å². The average molecular weight is 414 g/mol. The summed E-state index contributed by atoms with van der Waals surface area (Å²) in [6.45, 7) is 14.2. The minimum Gasteiger partial charge on any atom is -0.294 e. The van der Waals surface area contributed by atoms with Crippen LogP contribution in [0.1, 0.15) is 54.4 Å². The number of thioether (sulfide) groups is 4. The lowest BCUT2D eigenvalue weighted by molar-refractivity contribution is 0.664. The van der Waals surface area contributed by atoms with Crippen molar-refractivity contribution in [2.75, 3.05) is 23.0 Å². The Bertz CT molecular complexity index is 335. The minimum atomic E-state index is 0.339. The lowest BCUT2D eigenvalue weighted by Crippen LogP contribution is -2.31. The predicted octanol–water partition coefficient (Wildman–Crippen LogP) is 5.85. The molecule has 6 heteroatoms. The van der Waals surface area contributed by atoms with Gasteiger partial charge in [-0.2, -0.15) is 36.2 Å². The van der Waals surface area contributed by atoms with E-state index in [0.29, 0.717) is 25.5 Å². The fourth-order valence-corrected chi connectivity index (χ4v) is 8.53. The highest BCUT2D eigenvalue weighted by Crippen LogP contribution is 2.38. The van der Waals surface area contributed by atoms with Gasteiger partial charge < -0.3 is 0 Å². The van der Waals surface area contributed by atoms with E-state index in [1.54, 1.807) is 0 Å². The Balaban J connectivity index is 2.71. The molecular weight excluding hydrogens is 379 g/mol. The van der Waals surface area contributed by atoms with Crippen LogP contribution in [-0.2, 0) is 0 Å². The molecule has 1 fully saturated rings. The Morgan fingerprint density at radius 1 is 0.957 bits per heavy atom. The number of nitrogens with one attached hydrogen (secondary N) is 1. The SMILES string of the molecule is CC1NC(C)SCCC(C)(C)SC(CS)CSC(C)(C)CCS1. The molecule has 3 unspecified atom stereocenters. The fraction of sp³-hybridized carbons (Fsp3) is 1.00. The van der Waals surface area contributed by atoms with Crippen LogP contribution >= 0.6 is 59.7 Å². The molecule has 1 N–H and O–H groups in total. The number of hydrogen-bond donors (Lipinski definition) is 2. The minimum absolute atomic E-state index is 0.339. The molecule has 0 saturated carbocycles. The van der Waals surface area contributed by atoms with E-state index < -0.39 is 0 Å². The summed E-state index contributed by atoms with van der Waals surface area (Å²) in [6.07, 6.45) is 2.53. The maximum Gasteiger partial charge on any atom is 0.0511 e. The first-order valence-electron chi connectivity index (χ1n) is 8.55. The molecule has 0 aliphatic carbocycles. The molecule has 0 radical (unpaired) electrons. The van der Waals surface area contributed by atoms with E-state index in [9.17, 15) is 0 Å². The van der Waals surface area contributed by atoms with Gasteiger partial charge in [-0.25, -0.2) is 0 Å². The fourth-order valence-electron chi connectivity index (χ4n) is 2.41. The molecule has 1 rings (SSSR count). The molecule has 1 aliphatic rings. The summed E-state index contributed by atoms with van der Waals surface area (Å²) in [5.74, 6) is 4.65. The maximum absolute atomic E-state index is 4.62. The van der Waals surface area contributed by atoms with E-state index in [-0.39, 0.29) is 0 Å². The topological polar surface area (TPSA) is 12.0 Å². The van der Waals surface area contributed by atoms with Crippen molar-refractivity contribution < 1.29 is 0 Å². The van der Waals surface area contributed by atoms with E-state index in [2.05, 4.69) is 107 Å². The quantitative estimate of drug-likeness (QED) is 0.521. The Morgan fingerprint density at radius 3 is 2.00 bits per heavy atom. The highest BCUT2D eigenvalue weighted by atomic mass is 32.2. The molecule has 23 heavy (non-hydrogen) atoms. The van der Waals surface area contributed by atoms with E-state index in [0.717, 1.165) is 5.75 Å². The third kappa shape index (κ3) is 10.4. The molecule has 1 heterocycles. The van der Waals surface area contributed by atoms with Gasteiger partial charge >= 0.3 is 0 Å². The van der Waals surface area contributed by atoms with Crippen molar-refractivity contribution in [3.8, 4) is 0 Å². The Morgan fingerprint density at radius 2 is 1.48 bits per heavy atom. The zero-order valence-electron chi connectivity index (χ0n) is 15.6. The van der Waals surface area contributed by atoms with Gasteiger partial charge in [0, 0.05) is 26.2 Å². The number of rotatable bonds is 1. The van der Waals surface area contributed by atoms with Crippen molar-refractivity contribution in [2.24, 2.45) is 0 Å². The van der Waals surface area contributed by atoms with Crippen LogP contribution in [0, 0.1) is 0 Å². The van der Waals surface area contributed by atoms with Crippen LogP contribution in [-0.4, -0.2) is 48.5 Å². The third-order valence-electron chi connectivity index (χ3n) is 3.96. The lowest BCUT2D eigenvalue weighted by atomic mass is 10.1. The van der Waals surface area contributed by atoms with Crippen molar-refractivity contribution in [1.29, 1.82) is 0 Å². The molecule has 138 valence electrons. The number of hydrogen-bond acceptors (Lipinski definition) is 6. The second-order valence-corrected chi connectivity index (χ2v) is 14.4. The van der Waals surface area contributed by atoms with Crippen molar-refractivity contribution in [2.45, 2.75) is 79.9 Å². The summed E-state index contributed by atoms with van der Waals surface area (Å²) in [7, 11) is 0. The van der Waals surface area contributed by atoms with Crippen LogP contribution < -0.4 is 5.32 Å². The highest BCUT2D eigenvalue weighted by Gasteiger charge is 2.27. The summed E-state index contributed by atoms with van der Waals surface area (Å²) in [4.78, 5) is 0. The number of thiol groups is 1. The van der Waals surface area contributed by atoms with Crippen molar-refractivity contribution in [1.82, 2.24) is 5.32 Å². The van der Waals surface area contributed by atoms with Crippen LogP contribution in [0.25, 0.3) is 0 Å². The van der Waals surface area contributed by atoms with Crippen LogP contribution in [0.15, 0.2) is 0 Å². The van der Waals surface area contributed by atoms with Gasteiger partial charge in [0.25, 0.3) is 0 Å². The van der Waals surface area contributed by atoms with Gasteiger partial charge in [0.05, 0.1) is 10.7 Å². The van der Waals surface area contributed by atoms with Crippen LogP contribution in [0.2, 0.25) is 0 Å². The first-order valence-corrected chi connectivity index (χ1v) is 13.1. The van der Waals surface area contributed by atoms with Crippen molar-refractivity contribution >= 4 is 59.7 Å². The van der Waals surface area contributed by atoms with Gasteiger partial charge in [0.1, 0.15) is 0 Å². The summed E-state index contributed by atoms with van der Waals surface area (Å²) in [5.41, 5.74) is 0. The zero-order chi connectivity index (χ0) is 17.5. The van der Waals surface area contributed by atoms with Gasteiger partial charge in [-0.05, 0) is 38.2 Å². The van der Waals surface area contributed by atoms with Gasteiger partial charge in [-0.3, -0.25) is 5.32 Å². The molecule has 3 atom stereocenters. The molecule has 0 aromatic rings. The summed E-state index contributed by atoms with van der Waals surface area (Å²) in [5, 5.41) is 5.44. The van der Waals surface area contributed by atoms with E-state index in [4.69, 9.17) is 0 Å². The molecule has 0 bridgehead atoms. The standard InChI is InChI=1S/C17H35NS5/c1-13-18-14(2)21-10-8-17(5,6)23-15(11-19)12-22-16(3,4)7-9-20-13/h13-15,18-19H,7-12H2,1-6H3. The maximum atomic E-state index is 4.62. The highest BCUT2D eigenvalue weighted by molar-refractivity contribution is 8.05. The second-order valence-electron chi connectivity index (χ2n) is 7.45. The first-order chi connectivity index (χ1) is 10.6. The van der Waals surface area contributed by atoms with Gasteiger partial charge in [0.2, 0.25) is 0 Å². The van der Waals surface area contributed by atoms with Crippen LogP contribution in [0.3, 0.4) is 0 Å². The largest absolute Gasteiger partial charge is 0.294 e. The molecule has 1 saturated heterocycles. The zero-order valence-corrected chi connectivity index (χ0v) is 19.7. The normalized spacial score (nSPS) is 34.3. The Kier molecular flexibility index (Phi) is 10.6. The first kappa shape index (κ1) is 22.8. The second kappa shape index (κ2) is 10.8. The predicted molar refractivity (Wildman–Crippen MR) is 122 cm³/mol. The van der Waals surface area contributed by atoms with Crippen LogP contribution in [0.5, 0.6) is 0 Å². The van der Waals surface area contributed by atoms with E-state index >= 15 is 0 Å². The summed E-state index contributed by atoms with van der Waals surface area (Å²) >= 11 is 13.0. The molecule has 1 aliphatic heterocycles. The van der Waals surface area contributed by atoms with Crippen LogP contribution in [0.4, 0.5) is 0 Å². The smallest absolute Gasteiger partial charge is 0.0511 e. The van der Waals surface area contributed by atoms with E-state index in [1.807, 2.05) is 0 Å². The monoisotopic (exact) mass is 413 g/mol. The average Bonchev–Trinajstić information content (AvgIpc) is 2.42. The van der Waals surface area contributed by atoms with Gasteiger partial charge in [-0.1, -0.05) is 27.7 Å². The lowest BCUT2D eigenvalue weighted by Gasteiger charge is -2.31. The van der Waals surface area contributed by atoms with Crippen molar-refractivity contribution in [3.05, 3.63) is 0 Å². The molecule has 1 nitrogen and oxygen atoms in total. The molecule has 0 spiro atoms. The summed E-state index contributed by atoms with van der Waals surface area (Å²) in [6, 6.07) is 0. The van der Waals surface area contributed by atoms with Gasteiger partial charge in [-0.15, -0.1) is 23.5 Å². The molecule has 0 aromatic carbocycles. The Hall–Kier alpha value is 1.71. The van der Waals surface area contributed by atoms with Crippen molar-refractivity contribution in [3.63, 3.8) is 0 Å². The van der Waals surface area contributed by atoms with E-state index in [1.165, 1.54) is 30.1 Å². The Labute approximate surface area is 167 Å². The summed E-state index contributed by atoms with van der Waals surface area (Å²) < 4.78 is 0.699. The molecular formula is C17H35NS5. The molecule has 0 amide bonds. The third-order valence-corrected chi connectivity index (χ3v) is 10.1. The molecule has 0 aromatic heterocycles.